The average molecular weight is 366 g/mol. The van der Waals surface area contributed by atoms with E-state index < -0.39 is 71.6 Å². The highest BCUT2D eigenvalue weighted by Gasteiger charge is 2.65. The van der Waals surface area contributed by atoms with Crippen molar-refractivity contribution in [3.05, 3.63) is 11.5 Å². The van der Waals surface area contributed by atoms with Gasteiger partial charge < -0.3 is 45.6 Å². The molecule has 0 aromatic heterocycles. The number of rotatable bonds is 8. The topological polar surface area (TPSA) is 239 Å². The van der Waals surface area contributed by atoms with E-state index in [1.807, 2.05) is 0 Å². The van der Waals surface area contributed by atoms with Crippen LogP contribution in [0.4, 0.5) is 0 Å². The number of carbonyl (C=O) groups excluding carboxylic acids is 1. The smallest absolute Gasteiger partial charge is 0.378 e. The molecule has 0 aromatic rings. The normalized spacial score (nSPS) is 23.3. The lowest BCUT2D eigenvalue weighted by atomic mass is 9.70. The van der Waals surface area contributed by atoms with Gasteiger partial charge in [0.05, 0.1) is 13.0 Å². The van der Waals surface area contributed by atoms with Gasteiger partial charge in [-0.25, -0.2) is 9.59 Å². The second kappa shape index (κ2) is 6.54. The number of carboxylic acid groups (broad SMARTS) is 3. The van der Waals surface area contributed by atoms with Crippen LogP contribution in [0, 0.1) is 5.92 Å². The van der Waals surface area contributed by atoms with E-state index in [0.717, 1.165) is 0 Å². The Hall–Kier alpha value is -2.90. The molecule has 1 rings (SSSR count). The largest absolute Gasteiger partial charge is 0.505 e. The molecule has 1 aliphatic heterocycles. The van der Waals surface area contributed by atoms with Crippen molar-refractivity contribution in [2.45, 2.75) is 23.7 Å². The predicted octanol–water partition coefficient (Wildman–Crippen LogP) is -3.05. The van der Waals surface area contributed by atoms with Crippen molar-refractivity contribution in [2.24, 2.45) is 5.92 Å². The minimum atomic E-state index is -3.68. The monoisotopic (exact) mass is 366 g/mol. The number of ether oxygens (including phenoxy) is 1. The molecule has 0 saturated carbocycles. The summed E-state index contributed by atoms with van der Waals surface area (Å²) in [6, 6.07) is 0. The lowest BCUT2D eigenvalue weighted by Gasteiger charge is -2.41. The SMILES string of the molecule is O=C(O)CC(O)(C(=O)O)C(C(=O)O)[C@](O)(CO)[C@H]1OC(=O)C(O)=C1O. The number of esters is 1. The molecule has 13 heteroatoms. The summed E-state index contributed by atoms with van der Waals surface area (Å²) >= 11 is 0. The Morgan fingerprint density at radius 1 is 1.12 bits per heavy atom. The molecular formula is C12H14O13. The highest BCUT2D eigenvalue weighted by molar-refractivity contribution is 5.92. The Morgan fingerprint density at radius 2 is 1.64 bits per heavy atom. The quantitative estimate of drug-likeness (QED) is 0.199. The zero-order valence-electron chi connectivity index (χ0n) is 12.2. The van der Waals surface area contributed by atoms with Crippen LogP contribution in [-0.2, 0) is 23.9 Å². The van der Waals surface area contributed by atoms with Crippen molar-refractivity contribution < 1.29 is 64.8 Å². The molecule has 0 bridgehead atoms. The minimum Gasteiger partial charge on any atom is -0.505 e. The van der Waals surface area contributed by atoms with Gasteiger partial charge in [0.15, 0.2) is 17.5 Å². The molecule has 0 amide bonds. The van der Waals surface area contributed by atoms with Gasteiger partial charge in [-0.05, 0) is 0 Å². The molecule has 4 atom stereocenters. The zero-order valence-corrected chi connectivity index (χ0v) is 12.2. The maximum atomic E-state index is 11.5. The molecule has 2 unspecified atom stereocenters. The highest BCUT2D eigenvalue weighted by Crippen LogP contribution is 2.39. The summed E-state index contributed by atoms with van der Waals surface area (Å²) < 4.78 is 4.32. The Labute approximate surface area is 137 Å². The number of aliphatic hydroxyl groups is 5. The van der Waals surface area contributed by atoms with Gasteiger partial charge in [0.2, 0.25) is 5.76 Å². The van der Waals surface area contributed by atoms with Crippen molar-refractivity contribution >= 4 is 23.9 Å². The Morgan fingerprint density at radius 3 is 1.92 bits per heavy atom. The Kier molecular flexibility index (Phi) is 5.27. The van der Waals surface area contributed by atoms with E-state index in [2.05, 4.69) is 4.74 Å². The maximum Gasteiger partial charge on any atom is 0.378 e. The number of aliphatic hydroxyl groups excluding tert-OH is 3. The van der Waals surface area contributed by atoms with E-state index >= 15 is 0 Å². The molecule has 25 heavy (non-hydrogen) atoms. The van der Waals surface area contributed by atoms with Gasteiger partial charge in [0, 0.05) is 0 Å². The van der Waals surface area contributed by atoms with Crippen LogP contribution in [0.15, 0.2) is 11.5 Å². The van der Waals surface area contributed by atoms with Gasteiger partial charge in [0.25, 0.3) is 0 Å². The number of hydrogen-bond donors (Lipinski definition) is 8. The third kappa shape index (κ3) is 3.19. The van der Waals surface area contributed by atoms with Gasteiger partial charge in [-0.15, -0.1) is 0 Å². The van der Waals surface area contributed by atoms with Gasteiger partial charge in [-0.2, -0.15) is 0 Å². The lowest BCUT2D eigenvalue weighted by molar-refractivity contribution is -0.218. The predicted molar refractivity (Wildman–Crippen MR) is 70.2 cm³/mol. The van der Waals surface area contributed by atoms with E-state index in [0.29, 0.717) is 0 Å². The van der Waals surface area contributed by atoms with E-state index in [4.69, 9.17) is 10.2 Å². The molecule has 0 aliphatic carbocycles. The molecule has 140 valence electrons. The van der Waals surface area contributed by atoms with Crippen LogP contribution in [0.3, 0.4) is 0 Å². The number of hydrogen-bond acceptors (Lipinski definition) is 10. The van der Waals surface area contributed by atoms with E-state index in [1.165, 1.54) is 0 Å². The van der Waals surface area contributed by atoms with Crippen LogP contribution < -0.4 is 0 Å². The van der Waals surface area contributed by atoms with E-state index in [-0.39, 0.29) is 0 Å². The van der Waals surface area contributed by atoms with Gasteiger partial charge in [-0.3, -0.25) is 9.59 Å². The number of carbonyl (C=O) groups is 4. The average Bonchev–Trinajstić information content (AvgIpc) is 2.73. The third-order valence-corrected chi connectivity index (χ3v) is 3.63. The minimum absolute atomic E-state index is 1.43. The van der Waals surface area contributed by atoms with Crippen LogP contribution in [0.1, 0.15) is 6.42 Å². The number of aliphatic carboxylic acids is 3. The van der Waals surface area contributed by atoms with Crippen molar-refractivity contribution in [3.63, 3.8) is 0 Å². The molecule has 8 N–H and O–H groups in total. The molecular weight excluding hydrogens is 352 g/mol. The van der Waals surface area contributed by atoms with Crippen LogP contribution in [0.2, 0.25) is 0 Å². The second-order valence-corrected chi connectivity index (χ2v) is 5.24. The number of carboxylic acids is 3. The fourth-order valence-electron chi connectivity index (χ4n) is 2.48. The molecule has 0 saturated heterocycles. The lowest BCUT2D eigenvalue weighted by Crippen LogP contribution is -2.66. The molecule has 0 radical (unpaired) electrons. The van der Waals surface area contributed by atoms with Crippen molar-refractivity contribution in [1.29, 1.82) is 0 Å². The zero-order chi connectivity index (χ0) is 19.7. The van der Waals surface area contributed by atoms with Gasteiger partial charge >= 0.3 is 23.9 Å². The maximum absolute atomic E-state index is 11.5. The first-order valence-corrected chi connectivity index (χ1v) is 6.39. The summed E-state index contributed by atoms with van der Waals surface area (Å²) in [5.74, 6) is -14.2. The van der Waals surface area contributed by atoms with Crippen molar-refractivity contribution in [2.75, 3.05) is 6.61 Å². The van der Waals surface area contributed by atoms with E-state index in [9.17, 15) is 49.8 Å². The Bertz CT molecular complexity index is 651. The van der Waals surface area contributed by atoms with Crippen LogP contribution >= 0.6 is 0 Å². The molecule has 0 fully saturated rings. The molecule has 1 aliphatic rings. The molecule has 0 spiro atoms. The van der Waals surface area contributed by atoms with Crippen LogP contribution in [0.5, 0.6) is 0 Å². The van der Waals surface area contributed by atoms with Crippen molar-refractivity contribution in [1.82, 2.24) is 0 Å². The molecule has 13 nitrogen and oxygen atoms in total. The van der Waals surface area contributed by atoms with Gasteiger partial charge in [0.1, 0.15) is 11.5 Å². The fraction of sp³-hybridized carbons (Fsp3) is 0.500. The summed E-state index contributed by atoms with van der Waals surface area (Å²) in [6.07, 6.45) is -4.20. The standard InChI is InChI=1S/C12H14O13/c13-2-12(24,7-4(16)5(17)9(20)25-7)6(8(18)19)11(23,10(21)22)1-3(14)15/h6-7,13,16-17,23-24H,1-2H2,(H,14,15)(H,18,19)(H,21,22)/t6?,7-,11?,12+/m0/s1. The molecule has 0 aromatic carbocycles. The summed E-state index contributed by atoms with van der Waals surface area (Å²) in [5.41, 5.74) is -7.08. The van der Waals surface area contributed by atoms with Crippen LogP contribution in [0.25, 0.3) is 0 Å². The number of cyclic esters (lactones) is 1. The summed E-state index contributed by atoms with van der Waals surface area (Å²) in [5, 5.41) is 75.7. The highest BCUT2D eigenvalue weighted by atomic mass is 16.6. The first kappa shape index (κ1) is 20.1. The third-order valence-electron chi connectivity index (χ3n) is 3.63. The van der Waals surface area contributed by atoms with Crippen LogP contribution in [-0.4, -0.2) is 88.6 Å². The first-order chi connectivity index (χ1) is 11.3. The fourth-order valence-corrected chi connectivity index (χ4v) is 2.48. The second-order valence-electron chi connectivity index (χ2n) is 5.24. The summed E-state index contributed by atoms with van der Waals surface area (Å²) in [7, 11) is 0. The molecule has 1 heterocycles. The van der Waals surface area contributed by atoms with Gasteiger partial charge in [-0.1, -0.05) is 0 Å². The van der Waals surface area contributed by atoms with E-state index in [1.54, 1.807) is 0 Å². The van der Waals surface area contributed by atoms with Crippen molar-refractivity contribution in [3.8, 4) is 0 Å². The first-order valence-electron chi connectivity index (χ1n) is 6.39. The summed E-state index contributed by atoms with van der Waals surface area (Å²) in [4.78, 5) is 44.8. The Balaban J connectivity index is 3.58. The summed E-state index contributed by atoms with van der Waals surface area (Å²) in [6.45, 7) is -1.70.